The zero-order valence-electron chi connectivity index (χ0n) is 9.26. The summed E-state index contributed by atoms with van der Waals surface area (Å²) in [6, 6.07) is 2.10. The fraction of sp³-hybridized carbons (Fsp3) is 0.636. The fourth-order valence-corrected chi connectivity index (χ4v) is 1.99. The molecule has 0 atom stereocenters. The molecule has 0 aliphatic carbocycles. The van der Waals surface area contributed by atoms with E-state index >= 15 is 0 Å². The lowest BCUT2D eigenvalue weighted by atomic mass is 10.3. The minimum absolute atomic E-state index is 0.385. The van der Waals surface area contributed by atoms with Crippen molar-refractivity contribution in [1.29, 1.82) is 0 Å². The van der Waals surface area contributed by atoms with Crippen LogP contribution < -0.4 is 5.32 Å². The summed E-state index contributed by atoms with van der Waals surface area (Å²) in [6.07, 6.45) is 3.99. The van der Waals surface area contributed by atoms with Crippen LogP contribution in [0.2, 0.25) is 0 Å². The van der Waals surface area contributed by atoms with Gasteiger partial charge < -0.3 is 10.3 Å². The van der Waals surface area contributed by atoms with Crippen molar-refractivity contribution >= 4 is 11.8 Å². The molecule has 3 heteroatoms. The minimum atomic E-state index is 0.385. The van der Waals surface area contributed by atoms with E-state index in [-0.39, 0.29) is 0 Å². The molecule has 2 nitrogen and oxygen atoms in total. The highest BCUT2D eigenvalue weighted by atomic mass is 32.2. The number of hydrogen-bond acceptors (Lipinski definition) is 2. The molecule has 0 saturated heterocycles. The predicted octanol–water partition coefficient (Wildman–Crippen LogP) is 2.64. The van der Waals surface area contributed by atoms with E-state index in [1.54, 1.807) is 0 Å². The van der Waals surface area contributed by atoms with E-state index in [0.29, 0.717) is 4.75 Å². The highest BCUT2D eigenvalue weighted by Gasteiger charge is 2.08. The molecule has 0 fully saturated rings. The molecule has 0 amide bonds. The van der Waals surface area contributed by atoms with Gasteiger partial charge in [-0.25, -0.2) is 0 Å². The Labute approximate surface area is 90.9 Å². The van der Waals surface area contributed by atoms with Crippen molar-refractivity contribution in [3.8, 4) is 0 Å². The van der Waals surface area contributed by atoms with Gasteiger partial charge in [0.05, 0.1) is 0 Å². The molecule has 1 heterocycles. The highest BCUT2D eigenvalue weighted by Crippen LogP contribution is 2.21. The number of hydrogen-bond donors (Lipinski definition) is 2. The standard InChI is InChI=1S/C11H20N2S/c1-11(2,3)14-7-6-13-9-10-4-5-12-8-10/h4-5,8,12-13H,6-7,9H2,1-3H3. The first-order chi connectivity index (χ1) is 6.58. The van der Waals surface area contributed by atoms with Crippen molar-refractivity contribution in [2.75, 3.05) is 12.3 Å². The quantitative estimate of drug-likeness (QED) is 0.734. The first kappa shape index (κ1) is 11.7. The Morgan fingerprint density at radius 1 is 1.43 bits per heavy atom. The van der Waals surface area contributed by atoms with E-state index in [9.17, 15) is 0 Å². The molecule has 0 radical (unpaired) electrons. The van der Waals surface area contributed by atoms with Crippen LogP contribution in [0.1, 0.15) is 26.3 Å². The van der Waals surface area contributed by atoms with Crippen molar-refractivity contribution in [2.45, 2.75) is 32.1 Å². The van der Waals surface area contributed by atoms with Crippen molar-refractivity contribution in [1.82, 2.24) is 10.3 Å². The summed E-state index contributed by atoms with van der Waals surface area (Å²) in [6.45, 7) is 8.80. The molecule has 80 valence electrons. The third kappa shape index (κ3) is 5.35. The molecular weight excluding hydrogens is 192 g/mol. The minimum Gasteiger partial charge on any atom is -0.367 e. The van der Waals surface area contributed by atoms with Crippen LogP contribution in [0.3, 0.4) is 0 Å². The van der Waals surface area contributed by atoms with E-state index in [2.05, 4.69) is 37.1 Å². The Balaban J connectivity index is 2.00. The van der Waals surface area contributed by atoms with Crippen molar-refractivity contribution in [2.24, 2.45) is 0 Å². The van der Waals surface area contributed by atoms with Gasteiger partial charge in [0.15, 0.2) is 0 Å². The van der Waals surface area contributed by atoms with Gasteiger partial charge >= 0.3 is 0 Å². The molecule has 0 aliphatic heterocycles. The molecule has 1 aromatic heterocycles. The van der Waals surface area contributed by atoms with Gasteiger partial charge in [0.1, 0.15) is 0 Å². The monoisotopic (exact) mass is 212 g/mol. The molecule has 1 rings (SSSR count). The largest absolute Gasteiger partial charge is 0.367 e. The van der Waals surface area contributed by atoms with Crippen LogP contribution >= 0.6 is 11.8 Å². The Hall–Kier alpha value is -0.410. The second-order valence-electron chi connectivity index (χ2n) is 4.36. The number of H-pyrrole nitrogens is 1. The third-order valence-corrected chi connectivity index (χ3v) is 3.08. The van der Waals surface area contributed by atoms with Gasteiger partial charge in [0, 0.05) is 36.0 Å². The van der Waals surface area contributed by atoms with Crippen LogP contribution in [-0.4, -0.2) is 22.0 Å². The van der Waals surface area contributed by atoms with Crippen molar-refractivity contribution in [3.63, 3.8) is 0 Å². The first-order valence-electron chi connectivity index (χ1n) is 5.04. The second kappa shape index (κ2) is 5.47. The van der Waals surface area contributed by atoms with Crippen LogP contribution in [0.15, 0.2) is 18.5 Å². The number of nitrogens with one attached hydrogen (secondary N) is 2. The normalized spacial score (nSPS) is 11.9. The molecule has 0 spiro atoms. The van der Waals surface area contributed by atoms with E-state index in [0.717, 1.165) is 13.1 Å². The Bertz CT molecular complexity index is 236. The van der Waals surface area contributed by atoms with Crippen LogP contribution in [0.5, 0.6) is 0 Å². The topological polar surface area (TPSA) is 27.8 Å². The second-order valence-corrected chi connectivity index (χ2v) is 6.28. The predicted molar refractivity (Wildman–Crippen MR) is 64.7 cm³/mol. The average molecular weight is 212 g/mol. The molecule has 0 aliphatic rings. The van der Waals surface area contributed by atoms with Gasteiger partial charge in [-0.3, -0.25) is 0 Å². The SMILES string of the molecule is CC(C)(C)SCCNCc1cc[nH]c1. The maximum atomic E-state index is 3.42. The summed E-state index contributed by atoms with van der Waals surface area (Å²) >= 11 is 2.00. The molecular formula is C11H20N2S. The Morgan fingerprint density at radius 2 is 2.21 bits per heavy atom. The Morgan fingerprint density at radius 3 is 2.79 bits per heavy atom. The van der Waals surface area contributed by atoms with E-state index in [1.165, 1.54) is 11.3 Å². The summed E-state index contributed by atoms with van der Waals surface area (Å²) in [5.41, 5.74) is 1.32. The van der Waals surface area contributed by atoms with Crippen LogP contribution in [0.4, 0.5) is 0 Å². The van der Waals surface area contributed by atoms with Gasteiger partial charge in [-0.1, -0.05) is 20.8 Å². The van der Waals surface area contributed by atoms with E-state index < -0.39 is 0 Å². The fourth-order valence-electron chi connectivity index (χ4n) is 1.13. The molecule has 0 unspecified atom stereocenters. The van der Waals surface area contributed by atoms with Crippen LogP contribution in [-0.2, 0) is 6.54 Å². The summed E-state index contributed by atoms with van der Waals surface area (Å²) in [5, 5.41) is 3.42. The van der Waals surface area contributed by atoms with Gasteiger partial charge in [0.25, 0.3) is 0 Å². The molecule has 0 aromatic carbocycles. The Kier molecular flexibility index (Phi) is 4.55. The van der Waals surface area contributed by atoms with E-state index in [1.807, 2.05) is 24.2 Å². The van der Waals surface area contributed by atoms with Gasteiger partial charge in [-0.05, 0) is 11.6 Å². The van der Waals surface area contributed by atoms with Gasteiger partial charge in [-0.2, -0.15) is 11.8 Å². The highest BCUT2D eigenvalue weighted by molar-refractivity contribution is 8.00. The summed E-state index contributed by atoms with van der Waals surface area (Å²) in [5.74, 6) is 1.17. The third-order valence-electron chi connectivity index (χ3n) is 1.81. The number of aromatic amines is 1. The lowest BCUT2D eigenvalue weighted by Crippen LogP contribution is -2.19. The maximum absolute atomic E-state index is 3.42. The number of rotatable bonds is 5. The zero-order chi connectivity index (χ0) is 10.4. The first-order valence-corrected chi connectivity index (χ1v) is 6.03. The average Bonchev–Trinajstić information content (AvgIpc) is 2.54. The smallest absolute Gasteiger partial charge is 0.0220 e. The number of thioether (sulfide) groups is 1. The zero-order valence-corrected chi connectivity index (χ0v) is 10.1. The van der Waals surface area contributed by atoms with Gasteiger partial charge in [-0.15, -0.1) is 0 Å². The summed E-state index contributed by atoms with van der Waals surface area (Å²) in [7, 11) is 0. The van der Waals surface area contributed by atoms with Crippen molar-refractivity contribution < 1.29 is 0 Å². The van der Waals surface area contributed by atoms with Crippen molar-refractivity contribution in [3.05, 3.63) is 24.0 Å². The van der Waals surface area contributed by atoms with Crippen LogP contribution in [0.25, 0.3) is 0 Å². The molecule has 2 N–H and O–H groups in total. The molecule has 1 aromatic rings. The summed E-state index contributed by atoms with van der Waals surface area (Å²) in [4.78, 5) is 3.05. The molecule has 0 bridgehead atoms. The number of aromatic nitrogens is 1. The molecule has 0 saturated carbocycles. The maximum Gasteiger partial charge on any atom is 0.0220 e. The molecule has 14 heavy (non-hydrogen) atoms. The van der Waals surface area contributed by atoms with Gasteiger partial charge in [0.2, 0.25) is 0 Å². The lowest BCUT2D eigenvalue weighted by Gasteiger charge is -2.17. The lowest BCUT2D eigenvalue weighted by molar-refractivity contribution is 0.726. The summed E-state index contributed by atoms with van der Waals surface area (Å²) < 4.78 is 0.385. The van der Waals surface area contributed by atoms with Crippen LogP contribution in [0, 0.1) is 0 Å². The van der Waals surface area contributed by atoms with E-state index in [4.69, 9.17) is 0 Å².